The van der Waals surface area contributed by atoms with Gasteiger partial charge in [-0.1, -0.05) is 11.6 Å². The third kappa shape index (κ3) is 5.05. The second-order valence-electron chi connectivity index (χ2n) is 5.78. The minimum Gasteiger partial charge on any atom is -0.497 e. The van der Waals surface area contributed by atoms with Gasteiger partial charge in [0.2, 0.25) is 5.89 Å². The molecule has 2 aromatic carbocycles. The van der Waals surface area contributed by atoms with Gasteiger partial charge in [-0.3, -0.25) is 0 Å². The molecule has 0 spiro atoms. The minimum atomic E-state index is -1.16. The van der Waals surface area contributed by atoms with Crippen molar-refractivity contribution in [2.45, 2.75) is 5.22 Å². The lowest BCUT2D eigenvalue weighted by molar-refractivity contribution is -0.131. The standard InChI is InChI=1S/C20H17ClN2O6S/c1-26-14-7-12(8-15(10-14)27-2)18-22-23-20(29-18)30-17(19(24)25)9-11-6-13(21)4-5-16(11)28-3/h4-10H,1-3H3,(H,24,25)/b17-9-. The number of thioether (sulfide) groups is 1. The summed E-state index contributed by atoms with van der Waals surface area (Å²) in [6, 6.07) is 10.0. The summed E-state index contributed by atoms with van der Waals surface area (Å²) >= 11 is 6.83. The maximum absolute atomic E-state index is 11.8. The Morgan fingerprint density at radius 1 is 1.07 bits per heavy atom. The fourth-order valence-corrected chi connectivity index (χ4v) is 3.33. The number of methoxy groups -OCH3 is 3. The van der Waals surface area contributed by atoms with Gasteiger partial charge in [0, 0.05) is 22.2 Å². The van der Waals surface area contributed by atoms with Gasteiger partial charge >= 0.3 is 5.97 Å². The highest BCUT2D eigenvalue weighted by molar-refractivity contribution is 8.03. The highest BCUT2D eigenvalue weighted by Gasteiger charge is 2.18. The molecule has 0 atom stereocenters. The van der Waals surface area contributed by atoms with E-state index in [2.05, 4.69) is 10.2 Å². The van der Waals surface area contributed by atoms with Gasteiger partial charge in [-0.05, 0) is 48.2 Å². The van der Waals surface area contributed by atoms with Gasteiger partial charge in [0.25, 0.3) is 5.22 Å². The first-order valence-electron chi connectivity index (χ1n) is 8.46. The molecule has 0 fully saturated rings. The lowest BCUT2D eigenvalue weighted by Gasteiger charge is -2.06. The Morgan fingerprint density at radius 3 is 2.37 bits per heavy atom. The molecule has 1 aromatic heterocycles. The molecule has 10 heteroatoms. The Labute approximate surface area is 181 Å². The Morgan fingerprint density at radius 2 is 1.77 bits per heavy atom. The number of benzene rings is 2. The highest BCUT2D eigenvalue weighted by Crippen LogP contribution is 2.34. The number of aromatic nitrogens is 2. The number of halogens is 1. The number of carbonyl (C=O) groups is 1. The van der Waals surface area contributed by atoms with Crippen LogP contribution in [0.5, 0.6) is 17.2 Å². The van der Waals surface area contributed by atoms with Crippen molar-refractivity contribution in [3.05, 3.63) is 51.9 Å². The average Bonchev–Trinajstić information content (AvgIpc) is 3.21. The molecule has 0 unspecified atom stereocenters. The topological polar surface area (TPSA) is 104 Å². The number of hydrogen-bond donors (Lipinski definition) is 1. The Kier molecular flexibility index (Phi) is 6.86. The second-order valence-corrected chi connectivity index (χ2v) is 7.21. The van der Waals surface area contributed by atoms with Crippen LogP contribution in [0.15, 0.2) is 50.9 Å². The Bertz CT molecular complexity index is 1080. The molecular weight excluding hydrogens is 432 g/mol. The van der Waals surface area contributed by atoms with Gasteiger partial charge in [-0.15, -0.1) is 10.2 Å². The number of rotatable bonds is 8. The molecule has 0 aliphatic rings. The van der Waals surface area contributed by atoms with E-state index in [9.17, 15) is 9.90 Å². The van der Waals surface area contributed by atoms with Crippen molar-refractivity contribution in [1.29, 1.82) is 0 Å². The Hall–Kier alpha value is -3.17. The second kappa shape index (κ2) is 9.55. The average molecular weight is 449 g/mol. The molecule has 156 valence electrons. The zero-order chi connectivity index (χ0) is 21.7. The largest absolute Gasteiger partial charge is 0.497 e. The summed E-state index contributed by atoms with van der Waals surface area (Å²) in [6.07, 6.45) is 1.43. The SMILES string of the molecule is COc1cc(OC)cc(-c2nnc(S/C(=C\c3cc(Cl)ccc3OC)C(=O)O)o2)c1. The molecule has 0 bridgehead atoms. The molecule has 30 heavy (non-hydrogen) atoms. The van der Waals surface area contributed by atoms with Crippen molar-refractivity contribution in [1.82, 2.24) is 10.2 Å². The van der Waals surface area contributed by atoms with Gasteiger partial charge in [0.05, 0.1) is 21.3 Å². The van der Waals surface area contributed by atoms with Gasteiger partial charge in [-0.25, -0.2) is 4.79 Å². The van der Waals surface area contributed by atoms with Crippen LogP contribution in [-0.2, 0) is 4.79 Å². The molecule has 0 radical (unpaired) electrons. The molecule has 0 aliphatic heterocycles. The number of aliphatic carboxylic acids is 1. The normalized spacial score (nSPS) is 11.3. The number of carboxylic acids is 1. The van der Waals surface area contributed by atoms with Crippen LogP contribution in [0.1, 0.15) is 5.56 Å². The lowest BCUT2D eigenvalue weighted by Crippen LogP contribution is -1.97. The van der Waals surface area contributed by atoms with E-state index >= 15 is 0 Å². The smallest absolute Gasteiger partial charge is 0.342 e. The number of ether oxygens (including phenoxy) is 3. The maximum atomic E-state index is 11.8. The first-order chi connectivity index (χ1) is 14.4. The van der Waals surface area contributed by atoms with E-state index < -0.39 is 5.97 Å². The van der Waals surface area contributed by atoms with E-state index in [-0.39, 0.29) is 16.0 Å². The number of carboxylic acid groups (broad SMARTS) is 1. The molecule has 3 aromatic rings. The van der Waals surface area contributed by atoms with Crippen molar-refractivity contribution in [3.63, 3.8) is 0 Å². The van der Waals surface area contributed by atoms with Crippen molar-refractivity contribution < 1.29 is 28.5 Å². The molecule has 0 saturated heterocycles. The number of hydrogen-bond acceptors (Lipinski definition) is 8. The van der Waals surface area contributed by atoms with Crippen LogP contribution in [0.4, 0.5) is 0 Å². The summed E-state index contributed by atoms with van der Waals surface area (Å²) in [5.41, 5.74) is 1.08. The van der Waals surface area contributed by atoms with E-state index in [1.165, 1.54) is 27.4 Å². The first kappa shape index (κ1) is 21.5. The van der Waals surface area contributed by atoms with Gasteiger partial charge in [-0.2, -0.15) is 0 Å². The third-order valence-corrected chi connectivity index (χ3v) is 4.98. The van der Waals surface area contributed by atoms with Crippen molar-refractivity contribution in [2.75, 3.05) is 21.3 Å². The molecule has 0 amide bonds. The van der Waals surface area contributed by atoms with Gasteiger partial charge in [0.1, 0.15) is 22.2 Å². The third-order valence-electron chi connectivity index (χ3n) is 3.89. The predicted octanol–water partition coefficient (Wildman–Crippen LogP) is 4.63. The summed E-state index contributed by atoms with van der Waals surface area (Å²) in [7, 11) is 4.55. The van der Waals surface area contributed by atoms with Crippen LogP contribution >= 0.6 is 23.4 Å². The lowest BCUT2D eigenvalue weighted by atomic mass is 10.2. The Balaban J connectivity index is 1.91. The van der Waals surface area contributed by atoms with Gasteiger partial charge < -0.3 is 23.7 Å². The monoisotopic (exact) mass is 448 g/mol. The number of nitrogens with zero attached hydrogens (tertiary/aromatic N) is 2. The fourth-order valence-electron chi connectivity index (χ4n) is 2.49. The van der Waals surface area contributed by atoms with Crippen LogP contribution < -0.4 is 14.2 Å². The van der Waals surface area contributed by atoms with E-state index in [1.54, 1.807) is 36.4 Å². The van der Waals surface area contributed by atoms with Crippen LogP contribution in [-0.4, -0.2) is 42.6 Å². The van der Waals surface area contributed by atoms with Crippen molar-refractivity contribution >= 4 is 35.4 Å². The van der Waals surface area contributed by atoms with Crippen LogP contribution in [0.2, 0.25) is 5.02 Å². The van der Waals surface area contributed by atoms with Crippen LogP contribution in [0.25, 0.3) is 17.5 Å². The van der Waals surface area contributed by atoms with Crippen LogP contribution in [0.3, 0.4) is 0 Å². The minimum absolute atomic E-state index is 0.0472. The van der Waals surface area contributed by atoms with Crippen molar-refractivity contribution in [2.24, 2.45) is 0 Å². The maximum Gasteiger partial charge on any atom is 0.342 e. The summed E-state index contributed by atoms with van der Waals surface area (Å²) in [4.78, 5) is 11.7. The zero-order valence-electron chi connectivity index (χ0n) is 16.2. The quantitative estimate of drug-likeness (QED) is 0.390. The molecule has 8 nitrogen and oxygen atoms in total. The molecular formula is C20H17ClN2O6S. The molecule has 1 N–H and O–H groups in total. The first-order valence-corrected chi connectivity index (χ1v) is 9.66. The van der Waals surface area contributed by atoms with E-state index in [1.807, 2.05) is 0 Å². The van der Waals surface area contributed by atoms with E-state index in [0.717, 1.165) is 11.8 Å². The van der Waals surface area contributed by atoms with E-state index in [0.29, 0.717) is 33.4 Å². The molecule has 0 aliphatic carbocycles. The summed E-state index contributed by atoms with van der Waals surface area (Å²) in [5, 5.41) is 18.0. The predicted molar refractivity (Wildman–Crippen MR) is 112 cm³/mol. The summed E-state index contributed by atoms with van der Waals surface area (Å²) < 4.78 is 21.4. The molecule has 1 heterocycles. The zero-order valence-corrected chi connectivity index (χ0v) is 17.8. The molecule has 0 saturated carbocycles. The van der Waals surface area contributed by atoms with Crippen molar-refractivity contribution in [3.8, 4) is 28.7 Å². The fraction of sp³-hybridized carbons (Fsp3) is 0.150. The van der Waals surface area contributed by atoms with Crippen LogP contribution in [0, 0.1) is 0 Å². The van der Waals surface area contributed by atoms with E-state index in [4.69, 9.17) is 30.2 Å². The molecule has 3 rings (SSSR count). The summed E-state index contributed by atoms with van der Waals surface area (Å²) in [6.45, 7) is 0. The highest BCUT2D eigenvalue weighted by atomic mass is 35.5. The summed E-state index contributed by atoms with van der Waals surface area (Å²) in [5.74, 6) is 0.616. The van der Waals surface area contributed by atoms with Gasteiger partial charge in [0.15, 0.2) is 0 Å².